The third-order valence-electron chi connectivity index (χ3n) is 1.63. The molecule has 0 aromatic carbocycles. The lowest BCUT2D eigenvalue weighted by atomic mass is 10.2. The number of aliphatic hydroxyl groups is 1. The van der Waals surface area contributed by atoms with E-state index in [2.05, 4.69) is 0 Å². The van der Waals surface area contributed by atoms with Crippen molar-refractivity contribution in [3.63, 3.8) is 0 Å². The SMILES string of the molecule is CC(C)OCCOCCCCCO. The maximum Gasteiger partial charge on any atom is 0.0703 e. The van der Waals surface area contributed by atoms with Crippen LogP contribution in [0.1, 0.15) is 33.1 Å². The molecular weight excluding hydrogens is 168 g/mol. The second-order valence-electron chi connectivity index (χ2n) is 3.32. The molecule has 0 fully saturated rings. The first kappa shape index (κ1) is 12.9. The average molecular weight is 190 g/mol. The summed E-state index contributed by atoms with van der Waals surface area (Å²) in [6, 6.07) is 0. The molecule has 0 spiro atoms. The highest BCUT2D eigenvalue weighted by atomic mass is 16.5. The van der Waals surface area contributed by atoms with Crippen LogP contribution in [0.4, 0.5) is 0 Å². The Balaban J connectivity index is 2.84. The summed E-state index contributed by atoms with van der Waals surface area (Å²) in [5.74, 6) is 0. The van der Waals surface area contributed by atoms with Crippen LogP contribution in [0.3, 0.4) is 0 Å². The van der Waals surface area contributed by atoms with Crippen LogP contribution in [-0.2, 0) is 9.47 Å². The van der Waals surface area contributed by atoms with Crippen molar-refractivity contribution in [3.05, 3.63) is 0 Å². The first-order chi connectivity index (χ1) is 6.27. The van der Waals surface area contributed by atoms with Crippen LogP contribution in [0.15, 0.2) is 0 Å². The molecule has 80 valence electrons. The highest BCUT2D eigenvalue weighted by Crippen LogP contribution is 1.94. The molecule has 0 rings (SSSR count). The Morgan fingerprint density at radius 1 is 1.00 bits per heavy atom. The lowest BCUT2D eigenvalue weighted by Gasteiger charge is -2.07. The zero-order valence-electron chi connectivity index (χ0n) is 8.79. The van der Waals surface area contributed by atoms with E-state index in [4.69, 9.17) is 14.6 Å². The van der Waals surface area contributed by atoms with Crippen molar-refractivity contribution in [2.45, 2.75) is 39.2 Å². The number of hydrogen-bond acceptors (Lipinski definition) is 3. The fourth-order valence-corrected chi connectivity index (χ4v) is 0.938. The van der Waals surface area contributed by atoms with Gasteiger partial charge in [0.15, 0.2) is 0 Å². The van der Waals surface area contributed by atoms with Gasteiger partial charge in [-0.25, -0.2) is 0 Å². The average Bonchev–Trinajstić information content (AvgIpc) is 2.09. The van der Waals surface area contributed by atoms with E-state index in [1.165, 1.54) is 0 Å². The number of rotatable bonds is 9. The Morgan fingerprint density at radius 2 is 1.77 bits per heavy atom. The monoisotopic (exact) mass is 190 g/mol. The van der Waals surface area contributed by atoms with E-state index in [0.717, 1.165) is 25.9 Å². The Labute approximate surface area is 81.0 Å². The van der Waals surface area contributed by atoms with Crippen LogP contribution >= 0.6 is 0 Å². The number of aliphatic hydroxyl groups excluding tert-OH is 1. The first-order valence-electron chi connectivity index (χ1n) is 5.07. The van der Waals surface area contributed by atoms with E-state index in [9.17, 15) is 0 Å². The first-order valence-corrected chi connectivity index (χ1v) is 5.07. The largest absolute Gasteiger partial charge is 0.396 e. The Hall–Kier alpha value is -0.120. The molecule has 0 aliphatic heterocycles. The second-order valence-corrected chi connectivity index (χ2v) is 3.32. The molecule has 0 heterocycles. The summed E-state index contributed by atoms with van der Waals surface area (Å²) in [5, 5.41) is 8.51. The number of hydrogen-bond donors (Lipinski definition) is 1. The van der Waals surface area contributed by atoms with Gasteiger partial charge in [0.2, 0.25) is 0 Å². The summed E-state index contributed by atoms with van der Waals surface area (Å²) in [4.78, 5) is 0. The Kier molecular flexibility index (Phi) is 9.87. The van der Waals surface area contributed by atoms with Gasteiger partial charge in [-0.1, -0.05) is 0 Å². The predicted molar refractivity (Wildman–Crippen MR) is 52.8 cm³/mol. The van der Waals surface area contributed by atoms with Crippen molar-refractivity contribution in [2.75, 3.05) is 26.4 Å². The standard InChI is InChI=1S/C10H22O3/c1-10(2)13-9-8-12-7-5-3-4-6-11/h10-11H,3-9H2,1-2H3. The van der Waals surface area contributed by atoms with Crippen LogP contribution in [0.2, 0.25) is 0 Å². The van der Waals surface area contributed by atoms with Crippen LogP contribution in [0.5, 0.6) is 0 Å². The van der Waals surface area contributed by atoms with Crippen molar-refractivity contribution < 1.29 is 14.6 Å². The molecule has 0 saturated heterocycles. The van der Waals surface area contributed by atoms with Crippen molar-refractivity contribution in [2.24, 2.45) is 0 Å². The van der Waals surface area contributed by atoms with E-state index >= 15 is 0 Å². The van der Waals surface area contributed by atoms with E-state index < -0.39 is 0 Å². The molecule has 0 radical (unpaired) electrons. The van der Waals surface area contributed by atoms with Gasteiger partial charge in [0, 0.05) is 13.2 Å². The fourth-order valence-electron chi connectivity index (χ4n) is 0.938. The van der Waals surface area contributed by atoms with Gasteiger partial charge >= 0.3 is 0 Å². The maximum absolute atomic E-state index is 8.51. The van der Waals surface area contributed by atoms with Gasteiger partial charge in [0.05, 0.1) is 19.3 Å². The summed E-state index contributed by atoms with van der Waals surface area (Å²) in [6.45, 7) is 6.45. The Bertz CT molecular complexity index is 94.2. The molecule has 0 bridgehead atoms. The van der Waals surface area contributed by atoms with Crippen LogP contribution < -0.4 is 0 Å². The molecule has 0 aliphatic carbocycles. The minimum atomic E-state index is 0.288. The van der Waals surface area contributed by atoms with Gasteiger partial charge in [0.1, 0.15) is 0 Å². The highest BCUT2D eigenvalue weighted by molar-refractivity contribution is 4.40. The summed E-state index contributed by atoms with van der Waals surface area (Å²) < 4.78 is 10.6. The molecular formula is C10H22O3. The highest BCUT2D eigenvalue weighted by Gasteiger charge is 1.93. The zero-order valence-corrected chi connectivity index (χ0v) is 8.79. The molecule has 3 heteroatoms. The normalized spacial score (nSPS) is 11.1. The lowest BCUT2D eigenvalue weighted by molar-refractivity contribution is 0.0185. The number of unbranched alkanes of at least 4 members (excludes halogenated alkanes) is 2. The smallest absolute Gasteiger partial charge is 0.0703 e. The van der Waals surface area contributed by atoms with E-state index in [-0.39, 0.29) is 12.7 Å². The van der Waals surface area contributed by atoms with Crippen LogP contribution in [0, 0.1) is 0 Å². The van der Waals surface area contributed by atoms with Crippen molar-refractivity contribution >= 4 is 0 Å². The van der Waals surface area contributed by atoms with Crippen molar-refractivity contribution in [3.8, 4) is 0 Å². The molecule has 0 aliphatic rings. The van der Waals surface area contributed by atoms with Crippen LogP contribution in [-0.4, -0.2) is 37.6 Å². The molecule has 0 aromatic heterocycles. The summed E-state index contributed by atoms with van der Waals surface area (Å²) in [7, 11) is 0. The van der Waals surface area contributed by atoms with Crippen molar-refractivity contribution in [1.82, 2.24) is 0 Å². The molecule has 0 amide bonds. The molecule has 0 unspecified atom stereocenters. The molecule has 13 heavy (non-hydrogen) atoms. The maximum atomic E-state index is 8.51. The molecule has 0 aromatic rings. The van der Waals surface area contributed by atoms with Gasteiger partial charge in [-0.15, -0.1) is 0 Å². The molecule has 1 N–H and O–H groups in total. The third kappa shape index (κ3) is 11.9. The van der Waals surface area contributed by atoms with E-state index in [0.29, 0.717) is 13.2 Å². The minimum Gasteiger partial charge on any atom is -0.396 e. The van der Waals surface area contributed by atoms with Gasteiger partial charge in [-0.05, 0) is 33.1 Å². The summed E-state index contributed by atoms with van der Waals surface area (Å²) in [5.41, 5.74) is 0. The zero-order chi connectivity index (χ0) is 9.94. The lowest BCUT2D eigenvalue weighted by Crippen LogP contribution is -2.10. The topological polar surface area (TPSA) is 38.7 Å². The molecule has 3 nitrogen and oxygen atoms in total. The van der Waals surface area contributed by atoms with Gasteiger partial charge in [-0.2, -0.15) is 0 Å². The number of ether oxygens (including phenoxy) is 2. The fraction of sp³-hybridized carbons (Fsp3) is 1.00. The van der Waals surface area contributed by atoms with Crippen molar-refractivity contribution in [1.29, 1.82) is 0 Å². The van der Waals surface area contributed by atoms with Crippen LogP contribution in [0.25, 0.3) is 0 Å². The van der Waals surface area contributed by atoms with Gasteiger partial charge < -0.3 is 14.6 Å². The second kappa shape index (κ2) is 9.96. The third-order valence-corrected chi connectivity index (χ3v) is 1.63. The van der Waals surface area contributed by atoms with E-state index in [1.54, 1.807) is 0 Å². The summed E-state index contributed by atoms with van der Waals surface area (Å²) >= 11 is 0. The molecule has 0 saturated carbocycles. The quantitative estimate of drug-likeness (QED) is 0.561. The van der Waals surface area contributed by atoms with Gasteiger partial charge in [-0.3, -0.25) is 0 Å². The molecule has 0 atom stereocenters. The minimum absolute atomic E-state index is 0.288. The van der Waals surface area contributed by atoms with E-state index in [1.807, 2.05) is 13.8 Å². The van der Waals surface area contributed by atoms with Gasteiger partial charge in [0.25, 0.3) is 0 Å². The Morgan fingerprint density at radius 3 is 2.38 bits per heavy atom. The predicted octanol–water partition coefficient (Wildman–Crippen LogP) is 1.59. The summed E-state index contributed by atoms with van der Waals surface area (Å²) in [6.07, 6.45) is 3.24.